The molecule has 0 radical (unpaired) electrons. The van der Waals surface area contributed by atoms with Crippen molar-refractivity contribution in [2.45, 2.75) is 6.54 Å². The summed E-state index contributed by atoms with van der Waals surface area (Å²) in [6, 6.07) is 2.77. The molecule has 6 nitrogen and oxygen atoms in total. The van der Waals surface area contributed by atoms with Crippen molar-refractivity contribution in [3.63, 3.8) is 0 Å². The minimum Gasteiger partial charge on any atom is -0.494 e. The van der Waals surface area contributed by atoms with E-state index in [1.54, 1.807) is 17.1 Å². The maximum absolute atomic E-state index is 13.3. The summed E-state index contributed by atoms with van der Waals surface area (Å²) in [4.78, 5) is 0. The van der Waals surface area contributed by atoms with Crippen LogP contribution in [0.25, 0.3) is 0 Å². The monoisotopic (exact) mass is 251 g/mol. The highest BCUT2D eigenvalue weighted by molar-refractivity contribution is 5.68. The van der Waals surface area contributed by atoms with Crippen molar-refractivity contribution in [1.29, 1.82) is 0 Å². The lowest BCUT2D eigenvalue weighted by molar-refractivity contribution is 0.387. The first-order valence-electron chi connectivity index (χ1n) is 5.41. The number of hydrogen-bond donors (Lipinski definition) is 2. The number of anilines is 2. The number of methoxy groups -OCH3 is 1. The van der Waals surface area contributed by atoms with Gasteiger partial charge in [-0.1, -0.05) is 5.21 Å². The van der Waals surface area contributed by atoms with Gasteiger partial charge in [0.2, 0.25) is 0 Å². The van der Waals surface area contributed by atoms with Crippen molar-refractivity contribution in [2.75, 3.05) is 24.7 Å². The first kappa shape index (κ1) is 12.2. The zero-order chi connectivity index (χ0) is 13.0. The molecule has 18 heavy (non-hydrogen) atoms. The summed E-state index contributed by atoms with van der Waals surface area (Å²) >= 11 is 0. The molecule has 0 spiro atoms. The Morgan fingerprint density at radius 3 is 3.00 bits per heavy atom. The van der Waals surface area contributed by atoms with Gasteiger partial charge in [0.15, 0.2) is 11.6 Å². The normalized spacial score (nSPS) is 10.3. The van der Waals surface area contributed by atoms with Gasteiger partial charge in [0, 0.05) is 24.9 Å². The summed E-state index contributed by atoms with van der Waals surface area (Å²) in [5, 5.41) is 10.6. The smallest absolute Gasteiger partial charge is 0.167 e. The van der Waals surface area contributed by atoms with Crippen molar-refractivity contribution in [3.05, 3.63) is 30.3 Å². The van der Waals surface area contributed by atoms with Crippen LogP contribution >= 0.6 is 0 Å². The zero-order valence-electron chi connectivity index (χ0n) is 9.93. The Labute approximate surface area is 104 Å². The van der Waals surface area contributed by atoms with E-state index in [0.29, 0.717) is 24.5 Å². The van der Waals surface area contributed by atoms with E-state index in [1.807, 2.05) is 0 Å². The molecule has 0 aliphatic carbocycles. The van der Waals surface area contributed by atoms with Crippen LogP contribution in [0.2, 0.25) is 0 Å². The first-order chi connectivity index (χ1) is 8.70. The number of nitrogen functional groups attached to an aromatic ring is 1. The lowest BCUT2D eigenvalue weighted by Gasteiger charge is -2.11. The molecule has 0 saturated heterocycles. The third-order valence-electron chi connectivity index (χ3n) is 2.45. The Morgan fingerprint density at radius 2 is 2.33 bits per heavy atom. The number of rotatable bonds is 5. The molecule has 7 heteroatoms. The van der Waals surface area contributed by atoms with Gasteiger partial charge < -0.3 is 15.8 Å². The van der Waals surface area contributed by atoms with E-state index in [0.717, 1.165) is 0 Å². The van der Waals surface area contributed by atoms with E-state index in [1.165, 1.54) is 19.2 Å². The molecule has 0 aliphatic rings. The van der Waals surface area contributed by atoms with E-state index in [2.05, 4.69) is 15.6 Å². The molecule has 0 bridgehead atoms. The van der Waals surface area contributed by atoms with Gasteiger partial charge >= 0.3 is 0 Å². The largest absolute Gasteiger partial charge is 0.494 e. The maximum atomic E-state index is 13.3. The molecule has 0 atom stereocenters. The second-order valence-electron chi connectivity index (χ2n) is 3.67. The number of ether oxygens (including phenoxy) is 1. The second-order valence-corrected chi connectivity index (χ2v) is 3.67. The lowest BCUT2D eigenvalue weighted by Crippen LogP contribution is -2.12. The van der Waals surface area contributed by atoms with Crippen LogP contribution in [-0.2, 0) is 6.54 Å². The van der Waals surface area contributed by atoms with Gasteiger partial charge in [0.1, 0.15) is 0 Å². The molecule has 3 N–H and O–H groups in total. The lowest BCUT2D eigenvalue weighted by atomic mass is 10.2. The van der Waals surface area contributed by atoms with Gasteiger partial charge in [-0.2, -0.15) is 0 Å². The van der Waals surface area contributed by atoms with Crippen molar-refractivity contribution in [3.8, 4) is 5.75 Å². The average molecular weight is 251 g/mol. The number of nitrogens with two attached hydrogens (primary N) is 1. The Bertz CT molecular complexity index is 514. The van der Waals surface area contributed by atoms with Gasteiger partial charge in [0.25, 0.3) is 0 Å². The quantitative estimate of drug-likeness (QED) is 0.779. The van der Waals surface area contributed by atoms with Crippen LogP contribution in [-0.4, -0.2) is 28.6 Å². The highest BCUT2D eigenvalue weighted by Crippen LogP contribution is 2.27. The van der Waals surface area contributed by atoms with Crippen LogP contribution in [0.15, 0.2) is 24.5 Å². The molecule has 2 rings (SSSR count). The van der Waals surface area contributed by atoms with Gasteiger partial charge in [0.05, 0.1) is 31.2 Å². The molecule has 0 unspecified atom stereocenters. The Balaban J connectivity index is 2.00. The molecule has 1 aromatic heterocycles. The van der Waals surface area contributed by atoms with E-state index in [9.17, 15) is 4.39 Å². The SMILES string of the molecule is COc1cc(NCCn2ccnn2)c(N)cc1F. The number of hydrogen-bond acceptors (Lipinski definition) is 5. The van der Waals surface area contributed by atoms with E-state index in [4.69, 9.17) is 10.5 Å². The fraction of sp³-hybridized carbons (Fsp3) is 0.273. The fourth-order valence-electron chi connectivity index (χ4n) is 1.54. The summed E-state index contributed by atoms with van der Waals surface area (Å²) in [7, 11) is 1.41. The van der Waals surface area contributed by atoms with E-state index in [-0.39, 0.29) is 5.75 Å². The standard InChI is InChI=1S/C11H14FN5O/c1-18-11-7-10(9(13)6-8(11)12)14-2-4-17-5-3-15-16-17/h3,5-7,14H,2,4,13H2,1H3. The third kappa shape index (κ3) is 2.68. The van der Waals surface area contributed by atoms with Crippen LogP contribution in [0.5, 0.6) is 5.75 Å². The van der Waals surface area contributed by atoms with Crippen molar-refractivity contribution in [1.82, 2.24) is 15.0 Å². The number of aromatic nitrogens is 3. The zero-order valence-corrected chi connectivity index (χ0v) is 9.93. The number of benzene rings is 1. The van der Waals surface area contributed by atoms with Crippen molar-refractivity contribution in [2.24, 2.45) is 0 Å². The number of halogens is 1. The highest BCUT2D eigenvalue weighted by Gasteiger charge is 2.07. The number of nitrogens with zero attached hydrogens (tertiary/aromatic N) is 3. The topological polar surface area (TPSA) is 78.0 Å². The number of nitrogens with one attached hydrogen (secondary N) is 1. The van der Waals surface area contributed by atoms with Crippen LogP contribution in [0.3, 0.4) is 0 Å². The van der Waals surface area contributed by atoms with E-state index >= 15 is 0 Å². The minimum absolute atomic E-state index is 0.160. The van der Waals surface area contributed by atoms with Gasteiger partial charge in [-0.3, -0.25) is 4.68 Å². The maximum Gasteiger partial charge on any atom is 0.167 e. The molecule has 96 valence electrons. The van der Waals surface area contributed by atoms with Gasteiger partial charge in [-0.15, -0.1) is 5.10 Å². The molecule has 0 amide bonds. The molecule has 2 aromatic rings. The molecular weight excluding hydrogens is 237 g/mol. The first-order valence-corrected chi connectivity index (χ1v) is 5.41. The summed E-state index contributed by atoms with van der Waals surface area (Å²) in [5.74, 6) is -0.315. The molecule has 0 aliphatic heterocycles. The van der Waals surface area contributed by atoms with Gasteiger partial charge in [-0.25, -0.2) is 4.39 Å². The predicted molar refractivity (Wildman–Crippen MR) is 65.9 cm³/mol. The molecule has 0 saturated carbocycles. The summed E-state index contributed by atoms with van der Waals surface area (Å²) in [5.41, 5.74) is 6.68. The summed E-state index contributed by atoms with van der Waals surface area (Å²) in [6.07, 6.45) is 3.37. The van der Waals surface area contributed by atoms with Crippen LogP contribution in [0, 0.1) is 5.82 Å². The third-order valence-corrected chi connectivity index (χ3v) is 2.45. The molecular formula is C11H14FN5O. The second kappa shape index (κ2) is 5.35. The Kier molecular flexibility index (Phi) is 3.61. The van der Waals surface area contributed by atoms with E-state index < -0.39 is 5.82 Å². The van der Waals surface area contributed by atoms with Crippen LogP contribution < -0.4 is 15.8 Å². The van der Waals surface area contributed by atoms with Gasteiger partial charge in [-0.05, 0) is 0 Å². The summed E-state index contributed by atoms with van der Waals surface area (Å²) < 4.78 is 19.9. The molecule has 0 fully saturated rings. The minimum atomic E-state index is -0.475. The molecule has 1 aromatic carbocycles. The Morgan fingerprint density at radius 1 is 1.50 bits per heavy atom. The van der Waals surface area contributed by atoms with Crippen LogP contribution in [0.4, 0.5) is 15.8 Å². The predicted octanol–water partition coefficient (Wildman–Crippen LogP) is 1.12. The fourth-order valence-corrected chi connectivity index (χ4v) is 1.54. The average Bonchev–Trinajstić information content (AvgIpc) is 2.85. The molecule has 1 heterocycles. The highest BCUT2D eigenvalue weighted by atomic mass is 19.1. The summed E-state index contributed by atoms with van der Waals surface area (Å²) in [6.45, 7) is 1.24. The Hall–Kier alpha value is -2.31. The van der Waals surface area contributed by atoms with Crippen molar-refractivity contribution < 1.29 is 9.13 Å². The van der Waals surface area contributed by atoms with Crippen molar-refractivity contribution >= 4 is 11.4 Å². The van der Waals surface area contributed by atoms with Crippen LogP contribution in [0.1, 0.15) is 0 Å².